The molecule has 0 unspecified atom stereocenters. The average Bonchev–Trinajstić information content (AvgIpc) is 2.65. The van der Waals surface area contributed by atoms with Gasteiger partial charge in [0.1, 0.15) is 0 Å². The molecular weight excluding hydrogens is 242 g/mol. The van der Waals surface area contributed by atoms with Crippen LogP contribution < -0.4 is 5.56 Å². The summed E-state index contributed by atoms with van der Waals surface area (Å²) in [6.07, 6.45) is 5.64. The Hall–Kier alpha value is -1.20. The molecule has 1 aromatic rings. The standard InChI is InChI=1S/C14H21N3O2/c18-14-10-12-4-2-1-3-5-13(12)15-17(14)11-16-6-8-19-9-7-16/h10H,1-9,11H2. The smallest absolute Gasteiger partial charge is 0.268 e. The zero-order valence-electron chi connectivity index (χ0n) is 11.3. The number of hydrogen-bond donors (Lipinski definition) is 0. The van der Waals surface area contributed by atoms with Gasteiger partial charge in [-0.2, -0.15) is 5.10 Å². The van der Waals surface area contributed by atoms with Crippen molar-refractivity contribution in [2.75, 3.05) is 26.3 Å². The van der Waals surface area contributed by atoms with Crippen molar-refractivity contribution in [3.63, 3.8) is 0 Å². The molecule has 1 fully saturated rings. The number of rotatable bonds is 2. The van der Waals surface area contributed by atoms with Crippen LogP contribution in [-0.2, 0) is 24.2 Å². The molecule has 0 saturated carbocycles. The van der Waals surface area contributed by atoms with Gasteiger partial charge in [0.25, 0.3) is 5.56 Å². The van der Waals surface area contributed by atoms with Crippen LogP contribution in [0.15, 0.2) is 10.9 Å². The predicted octanol–water partition coefficient (Wildman–Crippen LogP) is 0.802. The Morgan fingerprint density at radius 1 is 1.16 bits per heavy atom. The molecule has 1 aliphatic heterocycles. The fraction of sp³-hybridized carbons (Fsp3) is 0.714. The summed E-state index contributed by atoms with van der Waals surface area (Å²) in [5.41, 5.74) is 2.33. The van der Waals surface area contributed by atoms with Crippen molar-refractivity contribution >= 4 is 0 Å². The second-order valence-corrected chi connectivity index (χ2v) is 5.39. The lowest BCUT2D eigenvalue weighted by molar-refractivity contribution is 0.0203. The SMILES string of the molecule is O=c1cc2c(nn1CN1CCOCC1)CCCCC2. The van der Waals surface area contributed by atoms with Gasteiger partial charge in [0.2, 0.25) is 0 Å². The Kier molecular flexibility index (Phi) is 3.94. The molecule has 2 aliphatic rings. The highest BCUT2D eigenvalue weighted by atomic mass is 16.5. The molecule has 0 bridgehead atoms. The van der Waals surface area contributed by atoms with E-state index in [-0.39, 0.29) is 5.56 Å². The first kappa shape index (κ1) is 12.8. The number of ether oxygens (including phenoxy) is 1. The Bertz CT molecular complexity index is 492. The van der Waals surface area contributed by atoms with E-state index < -0.39 is 0 Å². The third-order valence-electron chi connectivity index (χ3n) is 3.96. The van der Waals surface area contributed by atoms with E-state index in [1.807, 2.05) is 0 Å². The van der Waals surface area contributed by atoms with Gasteiger partial charge in [0.05, 0.1) is 25.6 Å². The maximum atomic E-state index is 12.1. The van der Waals surface area contributed by atoms with Gasteiger partial charge in [-0.15, -0.1) is 0 Å². The quantitative estimate of drug-likeness (QED) is 0.741. The summed E-state index contributed by atoms with van der Waals surface area (Å²) in [5.74, 6) is 0. The lowest BCUT2D eigenvalue weighted by Crippen LogP contribution is -2.41. The maximum absolute atomic E-state index is 12.1. The third kappa shape index (κ3) is 3.04. The van der Waals surface area contributed by atoms with Crippen molar-refractivity contribution < 1.29 is 4.74 Å². The van der Waals surface area contributed by atoms with Gasteiger partial charge in [0, 0.05) is 19.2 Å². The van der Waals surface area contributed by atoms with Crippen LogP contribution >= 0.6 is 0 Å². The van der Waals surface area contributed by atoms with E-state index in [4.69, 9.17) is 4.74 Å². The molecule has 0 atom stereocenters. The van der Waals surface area contributed by atoms with Gasteiger partial charge in [-0.25, -0.2) is 4.68 Å². The lowest BCUT2D eigenvalue weighted by atomic mass is 10.1. The minimum atomic E-state index is 0.0344. The summed E-state index contributed by atoms with van der Waals surface area (Å²) in [6, 6.07) is 1.80. The minimum Gasteiger partial charge on any atom is -0.379 e. The summed E-state index contributed by atoms with van der Waals surface area (Å²) in [4.78, 5) is 14.3. The van der Waals surface area contributed by atoms with E-state index in [0.29, 0.717) is 6.67 Å². The molecule has 19 heavy (non-hydrogen) atoms. The number of fused-ring (bicyclic) bond motifs is 1. The molecular formula is C14H21N3O2. The summed E-state index contributed by atoms with van der Waals surface area (Å²) in [7, 11) is 0. The number of aryl methyl sites for hydroxylation is 2. The van der Waals surface area contributed by atoms with Gasteiger partial charge < -0.3 is 4.74 Å². The average molecular weight is 263 g/mol. The monoisotopic (exact) mass is 263 g/mol. The van der Waals surface area contributed by atoms with E-state index in [0.717, 1.165) is 44.8 Å². The lowest BCUT2D eigenvalue weighted by Gasteiger charge is -2.26. The number of nitrogens with zero attached hydrogens (tertiary/aromatic N) is 3. The molecule has 3 rings (SSSR count). The fourth-order valence-electron chi connectivity index (χ4n) is 2.81. The Labute approximate surface area is 113 Å². The van der Waals surface area contributed by atoms with Crippen molar-refractivity contribution in [3.8, 4) is 0 Å². The molecule has 2 heterocycles. The minimum absolute atomic E-state index is 0.0344. The van der Waals surface area contributed by atoms with Crippen LogP contribution in [0.4, 0.5) is 0 Å². The van der Waals surface area contributed by atoms with Crippen LogP contribution in [0.3, 0.4) is 0 Å². The molecule has 0 aromatic carbocycles. The van der Waals surface area contributed by atoms with E-state index in [1.54, 1.807) is 10.7 Å². The molecule has 1 saturated heterocycles. The third-order valence-corrected chi connectivity index (χ3v) is 3.96. The molecule has 104 valence electrons. The van der Waals surface area contributed by atoms with Crippen LogP contribution in [0.25, 0.3) is 0 Å². The fourth-order valence-corrected chi connectivity index (χ4v) is 2.81. The number of morpholine rings is 1. The Morgan fingerprint density at radius 2 is 1.95 bits per heavy atom. The Balaban J connectivity index is 1.81. The normalized spacial score (nSPS) is 20.8. The van der Waals surface area contributed by atoms with Crippen molar-refractivity contribution in [1.29, 1.82) is 0 Å². The van der Waals surface area contributed by atoms with E-state index >= 15 is 0 Å². The van der Waals surface area contributed by atoms with E-state index in [1.165, 1.54) is 24.8 Å². The van der Waals surface area contributed by atoms with Gasteiger partial charge in [-0.05, 0) is 31.2 Å². The molecule has 1 aromatic heterocycles. The predicted molar refractivity (Wildman–Crippen MR) is 72.1 cm³/mol. The summed E-state index contributed by atoms with van der Waals surface area (Å²) in [6.45, 7) is 3.85. The first-order valence-electron chi connectivity index (χ1n) is 7.23. The number of aromatic nitrogens is 2. The van der Waals surface area contributed by atoms with Gasteiger partial charge in [-0.3, -0.25) is 9.69 Å². The van der Waals surface area contributed by atoms with Crippen molar-refractivity contribution in [2.24, 2.45) is 0 Å². The summed E-state index contributed by atoms with van der Waals surface area (Å²) < 4.78 is 6.95. The highest BCUT2D eigenvalue weighted by Gasteiger charge is 2.15. The highest BCUT2D eigenvalue weighted by molar-refractivity contribution is 5.19. The molecule has 0 spiro atoms. The second-order valence-electron chi connectivity index (χ2n) is 5.39. The molecule has 0 radical (unpaired) electrons. The van der Waals surface area contributed by atoms with Crippen LogP contribution in [0.2, 0.25) is 0 Å². The first-order valence-corrected chi connectivity index (χ1v) is 7.23. The second kappa shape index (κ2) is 5.84. The maximum Gasteiger partial charge on any atom is 0.268 e. The van der Waals surface area contributed by atoms with Crippen LogP contribution in [-0.4, -0.2) is 41.0 Å². The van der Waals surface area contributed by atoms with Gasteiger partial charge in [-0.1, -0.05) is 6.42 Å². The molecule has 1 aliphatic carbocycles. The highest BCUT2D eigenvalue weighted by Crippen LogP contribution is 2.16. The molecule has 0 N–H and O–H groups in total. The van der Waals surface area contributed by atoms with Gasteiger partial charge >= 0.3 is 0 Å². The summed E-state index contributed by atoms with van der Waals surface area (Å²) in [5, 5.41) is 4.59. The van der Waals surface area contributed by atoms with Crippen LogP contribution in [0, 0.1) is 0 Å². The van der Waals surface area contributed by atoms with E-state index in [2.05, 4.69) is 10.00 Å². The van der Waals surface area contributed by atoms with Crippen LogP contribution in [0.5, 0.6) is 0 Å². The van der Waals surface area contributed by atoms with Gasteiger partial charge in [0.15, 0.2) is 0 Å². The number of hydrogen-bond acceptors (Lipinski definition) is 4. The van der Waals surface area contributed by atoms with Crippen LogP contribution in [0.1, 0.15) is 30.5 Å². The van der Waals surface area contributed by atoms with Crippen molar-refractivity contribution in [3.05, 3.63) is 27.7 Å². The van der Waals surface area contributed by atoms with Crippen molar-refractivity contribution in [2.45, 2.75) is 38.8 Å². The van der Waals surface area contributed by atoms with E-state index in [9.17, 15) is 4.79 Å². The zero-order valence-corrected chi connectivity index (χ0v) is 11.3. The Morgan fingerprint density at radius 3 is 2.79 bits per heavy atom. The van der Waals surface area contributed by atoms with Crippen molar-refractivity contribution in [1.82, 2.24) is 14.7 Å². The molecule has 5 heteroatoms. The molecule has 0 amide bonds. The first-order chi connectivity index (χ1) is 9.33. The largest absolute Gasteiger partial charge is 0.379 e. The summed E-state index contributed by atoms with van der Waals surface area (Å²) >= 11 is 0. The zero-order chi connectivity index (χ0) is 13.1. The molecule has 5 nitrogen and oxygen atoms in total. The topological polar surface area (TPSA) is 47.4 Å².